The van der Waals surface area contributed by atoms with Crippen LogP contribution < -0.4 is 9.96 Å². The molecule has 126 valence electrons. The number of hydrogen-bond donors (Lipinski definition) is 0. The summed E-state index contributed by atoms with van der Waals surface area (Å²) in [5, 5.41) is 0. The van der Waals surface area contributed by atoms with E-state index < -0.39 is 21.4 Å². The Morgan fingerprint density at radius 1 is 0.480 bits per heavy atom. The van der Waals surface area contributed by atoms with Gasteiger partial charge in [0.1, 0.15) is 0 Å². The molecule has 0 N–H and O–H groups in total. The minimum absolute atomic E-state index is 1.12. The van der Waals surface area contributed by atoms with Crippen LogP contribution in [0.4, 0.5) is 0 Å². The van der Waals surface area contributed by atoms with Gasteiger partial charge in [-0.1, -0.05) is 0 Å². The molecule has 0 bridgehead atoms. The van der Waals surface area contributed by atoms with Crippen molar-refractivity contribution in [3.8, 4) is 0 Å². The normalized spacial score (nSPS) is 10.7. The summed E-state index contributed by atoms with van der Waals surface area (Å²) in [4.78, 5) is 0. The number of rotatable bonds is 6. The van der Waals surface area contributed by atoms with Crippen molar-refractivity contribution in [2.24, 2.45) is 0 Å². The number of benzene rings is 3. The molecule has 1 heteroatoms. The van der Waals surface area contributed by atoms with Crippen molar-refractivity contribution < 1.29 is 0 Å². The molecule has 0 saturated carbocycles. The van der Waals surface area contributed by atoms with Crippen LogP contribution in [0.1, 0.15) is 37.5 Å². The van der Waals surface area contributed by atoms with Crippen molar-refractivity contribution in [2.45, 2.75) is 40.0 Å². The summed E-state index contributed by atoms with van der Waals surface area (Å²) in [5.74, 6) is 0. The number of aryl methyl sites for hydroxylation is 3. The Hall–Kier alpha value is -1.47. The maximum absolute atomic E-state index is 2.42. The van der Waals surface area contributed by atoms with Crippen LogP contribution in [0.5, 0.6) is 0 Å². The van der Waals surface area contributed by atoms with E-state index in [-0.39, 0.29) is 0 Å². The van der Waals surface area contributed by atoms with Gasteiger partial charge in [-0.3, -0.25) is 0 Å². The van der Waals surface area contributed by atoms with Crippen LogP contribution in [0.15, 0.2) is 72.8 Å². The third-order valence-corrected chi connectivity index (χ3v) is 15.4. The van der Waals surface area contributed by atoms with Gasteiger partial charge in [0.15, 0.2) is 0 Å². The fourth-order valence-electron chi connectivity index (χ4n) is 3.92. The van der Waals surface area contributed by atoms with Crippen molar-refractivity contribution in [2.75, 3.05) is 0 Å². The van der Waals surface area contributed by atoms with E-state index in [0.29, 0.717) is 0 Å². The summed E-state index contributed by atoms with van der Waals surface area (Å²) in [6.45, 7) is 6.87. The van der Waals surface area contributed by atoms with E-state index in [9.17, 15) is 0 Å². The second-order valence-corrected chi connectivity index (χ2v) is 14.4. The summed E-state index contributed by atoms with van der Waals surface area (Å²) in [6.07, 6.45) is 3.35. The Balaban J connectivity index is 2.29. The molecule has 0 nitrogen and oxygen atoms in total. The average Bonchev–Trinajstić information content (AvgIpc) is 2.69. The average molecular weight is 430 g/mol. The van der Waals surface area contributed by atoms with E-state index in [1.807, 2.05) is 0 Å². The molecule has 0 amide bonds. The van der Waals surface area contributed by atoms with Gasteiger partial charge in [0.2, 0.25) is 0 Å². The summed E-state index contributed by atoms with van der Waals surface area (Å²) >= 11 is -2.40. The van der Waals surface area contributed by atoms with Crippen LogP contribution in [0.2, 0.25) is 0 Å². The number of hydrogen-bond acceptors (Lipinski definition) is 0. The second-order valence-electron chi connectivity index (χ2n) is 6.59. The van der Waals surface area contributed by atoms with Crippen LogP contribution in [0.25, 0.3) is 0 Å². The quantitative estimate of drug-likeness (QED) is 0.557. The van der Waals surface area contributed by atoms with Gasteiger partial charge in [0.25, 0.3) is 0 Å². The van der Waals surface area contributed by atoms with Crippen molar-refractivity contribution in [1.29, 1.82) is 0 Å². The molecule has 0 spiro atoms. The van der Waals surface area contributed by atoms with Crippen molar-refractivity contribution in [3.05, 3.63) is 89.5 Å². The Kier molecular flexibility index (Phi) is 6.42. The molecule has 3 aromatic carbocycles. The molecule has 25 heavy (non-hydrogen) atoms. The molecule has 3 aromatic rings. The molecule has 0 radical (unpaired) electrons. The van der Waals surface area contributed by atoms with Gasteiger partial charge in [-0.05, 0) is 0 Å². The zero-order valence-corrected chi connectivity index (χ0v) is 18.9. The van der Waals surface area contributed by atoms with E-state index in [1.165, 1.54) is 0 Å². The molecule has 3 rings (SSSR count). The molecule has 0 fully saturated rings. The minimum atomic E-state index is -2.40. The van der Waals surface area contributed by atoms with Gasteiger partial charge in [-0.2, -0.15) is 0 Å². The first-order chi connectivity index (χ1) is 12.3. The molecule has 0 saturated heterocycles. The van der Waals surface area contributed by atoms with Gasteiger partial charge in [0, 0.05) is 0 Å². The fraction of sp³-hybridized carbons (Fsp3) is 0.250. The molecule has 0 heterocycles. The maximum atomic E-state index is 2.42. The summed E-state index contributed by atoms with van der Waals surface area (Å²) in [7, 11) is 0. The van der Waals surface area contributed by atoms with Crippen LogP contribution in [0, 0.1) is 0 Å². The summed E-state index contributed by atoms with van der Waals surface area (Å²) in [6, 6.07) is 27.6. The Morgan fingerprint density at radius 3 is 1.04 bits per heavy atom. The first-order valence-electron chi connectivity index (χ1n) is 9.53. The Morgan fingerprint density at radius 2 is 0.760 bits per heavy atom. The molecule has 0 aliphatic heterocycles. The van der Waals surface area contributed by atoms with Crippen molar-refractivity contribution >= 4 is 31.4 Å². The molecule has 0 aliphatic carbocycles. The van der Waals surface area contributed by atoms with E-state index >= 15 is 0 Å². The Labute approximate surface area is 160 Å². The third-order valence-electron chi connectivity index (χ3n) is 5.24. The van der Waals surface area contributed by atoms with Gasteiger partial charge in [-0.15, -0.1) is 0 Å². The molecule has 0 unspecified atom stereocenters. The monoisotopic (exact) mass is 430 g/mol. The van der Waals surface area contributed by atoms with Gasteiger partial charge in [-0.25, -0.2) is 0 Å². The SMILES string of the molecule is CCc1cccc[c]1[In]([c]1ccccc1CC)[c]1ccccc1CC. The standard InChI is InChI=1S/3C8H9.In/c3*1-2-8-6-4-3-5-7-8;/h3*3-6H,2H2,1H3;. The van der Waals surface area contributed by atoms with Crippen molar-refractivity contribution in [3.63, 3.8) is 0 Å². The van der Waals surface area contributed by atoms with Crippen LogP contribution in [-0.2, 0) is 19.3 Å². The van der Waals surface area contributed by atoms with E-state index in [2.05, 4.69) is 93.6 Å². The molecular weight excluding hydrogens is 403 g/mol. The second kappa shape index (κ2) is 8.76. The predicted molar refractivity (Wildman–Crippen MR) is 112 cm³/mol. The van der Waals surface area contributed by atoms with Crippen molar-refractivity contribution in [1.82, 2.24) is 0 Å². The zero-order valence-electron chi connectivity index (χ0n) is 15.6. The van der Waals surface area contributed by atoms with Gasteiger partial charge >= 0.3 is 161 Å². The first-order valence-corrected chi connectivity index (χ1v) is 14.5. The third kappa shape index (κ3) is 3.87. The van der Waals surface area contributed by atoms with Crippen LogP contribution >= 0.6 is 0 Å². The van der Waals surface area contributed by atoms with Crippen LogP contribution in [0.3, 0.4) is 0 Å². The Bertz CT molecular complexity index is 722. The molecule has 0 atom stereocenters. The summed E-state index contributed by atoms with van der Waals surface area (Å²) < 4.78 is 4.98. The van der Waals surface area contributed by atoms with E-state index in [0.717, 1.165) is 19.3 Å². The summed E-state index contributed by atoms with van der Waals surface area (Å²) in [5.41, 5.74) is 4.63. The predicted octanol–water partition coefficient (Wildman–Crippen LogP) is 3.89. The van der Waals surface area contributed by atoms with E-state index in [4.69, 9.17) is 0 Å². The zero-order chi connectivity index (χ0) is 17.6. The fourth-order valence-corrected chi connectivity index (χ4v) is 15.1. The van der Waals surface area contributed by atoms with Gasteiger partial charge in [0.05, 0.1) is 0 Å². The molecule has 0 aromatic heterocycles. The van der Waals surface area contributed by atoms with E-state index in [1.54, 1.807) is 26.7 Å². The molecule has 0 aliphatic rings. The van der Waals surface area contributed by atoms with Gasteiger partial charge < -0.3 is 0 Å². The topological polar surface area (TPSA) is 0 Å². The first kappa shape index (κ1) is 18.3. The van der Waals surface area contributed by atoms with Crippen LogP contribution in [-0.4, -0.2) is 21.4 Å². The molecular formula is C24H27In.